The van der Waals surface area contributed by atoms with Crippen LogP contribution < -0.4 is 10.6 Å². The number of carbonyl (C=O) groups excluding carboxylic acids is 1. The van der Waals surface area contributed by atoms with Crippen molar-refractivity contribution in [3.63, 3.8) is 0 Å². The molecule has 0 aromatic heterocycles. The van der Waals surface area contributed by atoms with Crippen molar-refractivity contribution >= 4 is 29.1 Å². The van der Waals surface area contributed by atoms with Crippen molar-refractivity contribution in [3.05, 3.63) is 33.3 Å². The smallest absolute Gasteiger partial charge is 0.407 e. The lowest BCUT2D eigenvalue weighted by atomic mass is 10.0. The fourth-order valence-corrected chi connectivity index (χ4v) is 2.66. The van der Waals surface area contributed by atoms with Gasteiger partial charge in [-0.3, -0.25) is 10.1 Å². The third-order valence-corrected chi connectivity index (χ3v) is 3.79. The molecule has 0 spiro atoms. The van der Waals surface area contributed by atoms with Gasteiger partial charge in [0.2, 0.25) is 0 Å². The highest BCUT2D eigenvalue weighted by Gasteiger charge is 2.30. The number of benzene rings is 1. The van der Waals surface area contributed by atoms with Crippen molar-refractivity contribution in [3.8, 4) is 0 Å². The van der Waals surface area contributed by atoms with Gasteiger partial charge in [0.1, 0.15) is 11.3 Å². The van der Waals surface area contributed by atoms with E-state index in [1.54, 1.807) is 32.9 Å². The van der Waals surface area contributed by atoms with Gasteiger partial charge in [-0.1, -0.05) is 11.6 Å². The van der Waals surface area contributed by atoms with E-state index in [1.807, 2.05) is 0 Å². The van der Waals surface area contributed by atoms with E-state index in [0.717, 1.165) is 0 Å². The monoisotopic (exact) mass is 371 g/mol. The molecule has 0 saturated carbocycles. The first kappa shape index (κ1) is 19.3. The van der Waals surface area contributed by atoms with Crippen molar-refractivity contribution in [2.24, 2.45) is 0 Å². The summed E-state index contributed by atoms with van der Waals surface area (Å²) in [5.74, 6) is 0. The summed E-state index contributed by atoms with van der Waals surface area (Å²) in [4.78, 5) is 22.7. The average molecular weight is 372 g/mol. The van der Waals surface area contributed by atoms with E-state index in [2.05, 4.69) is 10.6 Å². The molecule has 2 rings (SSSR count). The number of amides is 1. The summed E-state index contributed by atoms with van der Waals surface area (Å²) in [6, 6.07) is 3.78. The summed E-state index contributed by atoms with van der Waals surface area (Å²) in [6.07, 6.45) is 0.0370. The van der Waals surface area contributed by atoms with E-state index in [-0.39, 0.29) is 22.8 Å². The van der Waals surface area contributed by atoms with Crippen LogP contribution in [0.2, 0.25) is 5.02 Å². The standard InChI is InChI=1S/C16H22ClN3O5/c1-16(2,3)25-15(21)19-11-6-7-24-9-13(11)18-12-5-4-10(17)8-14(12)20(22)23/h4-5,8,11,13,18H,6-7,9H2,1-3H3,(H,19,21)/t11-,13-/m1/s1. The lowest BCUT2D eigenvalue weighted by molar-refractivity contribution is -0.384. The Morgan fingerprint density at radius 1 is 1.40 bits per heavy atom. The summed E-state index contributed by atoms with van der Waals surface area (Å²) in [5, 5.41) is 17.4. The zero-order valence-corrected chi connectivity index (χ0v) is 15.1. The fraction of sp³-hybridized carbons (Fsp3) is 0.562. The SMILES string of the molecule is CC(C)(C)OC(=O)N[C@@H]1CCOC[C@H]1Nc1ccc(Cl)cc1[N+](=O)[O-]. The average Bonchev–Trinajstić information content (AvgIpc) is 2.48. The molecule has 0 unspecified atom stereocenters. The van der Waals surface area contributed by atoms with Gasteiger partial charge in [-0.15, -0.1) is 0 Å². The number of hydrogen-bond acceptors (Lipinski definition) is 6. The maximum atomic E-state index is 12.0. The van der Waals surface area contributed by atoms with E-state index in [1.165, 1.54) is 6.07 Å². The number of nitro groups is 1. The van der Waals surface area contributed by atoms with E-state index in [0.29, 0.717) is 25.3 Å². The Balaban J connectivity index is 2.11. The molecule has 9 heteroatoms. The number of rotatable bonds is 4. The lowest BCUT2D eigenvalue weighted by Crippen LogP contribution is -2.53. The predicted octanol–water partition coefficient (Wildman–Crippen LogP) is 3.34. The normalized spacial score (nSPS) is 20.6. The largest absolute Gasteiger partial charge is 0.444 e. The Morgan fingerprint density at radius 2 is 2.12 bits per heavy atom. The number of carbonyl (C=O) groups is 1. The minimum Gasteiger partial charge on any atom is -0.444 e. The van der Waals surface area contributed by atoms with Crippen molar-refractivity contribution in [2.45, 2.75) is 44.9 Å². The topological polar surface area (TPSA) is 103 Å². The van der Waals surface area contributed by atoms with Crippen molar-refractivity contribution in [1.82, 2.24) is 5.32 Å². The van der Waals surface area contributed by atoms with Crippen LogP contribution in [-0.4, -0.2) is 41.9 Å². The fourth-order valence-electron chi connectivity index (χ4n) is 2.49. The molecule has 1 saturated heterocycles. The molecule has 2 atom stereocenters. The van der Waals surface area contributed by atoms with Crippen LogP contribution in [-0.2, 0) is 9.47 Å². The third-order valence-electron chi connectivity index (χ3n) is 3.56. The second-order valence-corrected chi connectivity index (χ2v) is 7.22. The minimum absolute atomic E-state index is 0.130. The summed E-state index contributed by atoms with van der Waals surface area (Å²) in [6.45, 7) is 6.14. The molecule has 8 nitrogen and oxygen atoms in total. The third kappa shape index (κ3) is 5.75. The van der Waals surface area contributed by atoms with Crippen molar-refractivity contribution < 1.29 is 19.2 Å². The quantitative estimate of drug-likeness (QED) is 0.621. The summed E-state index contributed by atoms with van der Waals surface area (Å²) in [7, 11) is 0. The van der Waals surface area contributed by atoms with Crippen LogP contribution in [0.3, 0.4) is 0 Å². The number of halogens is 1. The number of nitro benzene ring substituents is 1. The Kier molecular flexibility index (Phi) is 6.07. The summed E-state index contributed by atoms with van der Waals surface area (Å²) in [5.41, 5.74) is -0.414. The van der Waals surface area contributed by atoms with Crippen LogP contribution >= 0.6 is 11.6 Å². The van der Waals surface area contributed by atoms with Gasteiger partial charge in [0.25, 0.3) is 5.69 Å². The number of alkyl carbamates (subject to hydrolysis) is 1. The number of nitrogens with zero attached hydrogens (tertiary/aromatic N) is 1. The molecule has 1 fully saturated rings. The van der Waals surface area contributed by atoms with Gasteiger partial charge in [-0.25, -0.2) is 4.79 Å². The number of anilines is 1. The highest BCUT2D eigenvalue weighted by atomic mass is 35.5. The maximum absolute atomic E-state index is 12.0. The maximum Gasteiger partial charge on any atom is 0.407 e. The van der Waals surface area contributed by atoms with Gasteiger partial charge in [0.05, 0.1) is 23.6 Å². The highest BCUT2D eigenvalue weighted by molar-refractivity contribution is 6.30. The van der Waals surface area contributed by atoms with Gasteiger partial charge in [-0.2, -0.15) is 0 Å². The number of hydrogen-bond donors (Lipinski definition) is 2. The van der Waals surface area contributed by atoms with E-state index >= 15 is 0 Å². The molecule has 0 bridgehead atoms. The Hall–Kier alpha value is -2.06. The van der Waals surface area contributed by atoms with E-state index in [4.69, 9.17) is 21.1 Å². The molecular weight excluding hydrogens is 350 g/mol. The lowest BCUT2D eigenvalue weighted by Gasteiger charge is -2.33. The summed E-state index contributed by atoms with van der Waals surface area (Å²) >= 11 is 5.83. The molecule has 0 aliphatic carbocycles. The molecule has 1 aromatic carbocycles. The molecule has 1 heterocycles. The molecule has 1 aromatic rings. The molecule has 138 valence electrons. The second-order valence-electron chi connectivity index (χ2n) is 6.79. The van der Waals surface area contributed by atoms with Crippen LogP contribution in [0.5, 0.6) is 0 Å². The van der Waals surface area contributed by atoms with Crippen LogP contribution in [0.1, 0.15) is 27.2 Å². The molecule has 25 heavy (non-hydrogen) atoms. The molecule has 2 N–H and O–H groups in total. The number of nitrogens with one attached hydrogen (secondary N) is 2. The van der Waals surface area contributed by atoms with E-state index < -0.39 is 16.6 Å². The van der Waals surface area contributed by atoms with Gasteiger partial charge >= 0.3 is 6.09 Å². The molecular formula is C16H22ClN3O5. The second kappa shape index (κ2) is 7.88. The Bertz CT molecular complexity index is 647. The molecule has 1 aliphatic heterocycles. The molecule has 1 amide bonds. The predicted molar refractivity (Wildman–Crippen MR) is 94.1 cm³/mol. The van der Waals surface area contributed by atoms with Gasteiger partial charge < -0.3 is 20.1 Å². The Labute approximate surface area is 151 Å². The molecule has 1 aliphatic rings. The first-order valence-electron chi connectivity index (χ1n) is 7.93. The van der Waals surface area contributed by atoms with Crippen molar-refractivity contribution in [2.75, 3.05) is 18.5 Å². The minimum atomic E-state index is -0.604. The first-order chi connectivity index (χ1) is 11.7. The van der Waals surface area contributed by atoms with Crippen LogP contribution in [0.25, 0.3) is 0 Å². The van der Waals surface area contributed by atoms with E-state index in [9.17, 15) is 14.9 Å². The highest BCUT2D eigenvalue weighted by Crippen LogP contribution is 2.29. The molecule has 0 radical (unpaired) electrons. The van der Waals surface area contributed by atoms with Crippen LogP contribution in [0.4, 0.5) is 16.2 Å². The van der Waals surface area contributed by atoms with Gasteiger partial charge in [0, 0.05) is 17.7 Å². The van der Waals surface area contributed by atoms with Gasteiger partial charge in [-0.05, 0) is 39.3 Å². The van der Waals surface area contributed by atoms with Crippen LogP contribution in [0.15, 0.2) is 18.2 Å². The first-order valence-corrected chi connectivity index (χ1v) is 8.31. The summed E-state index contributed by atoms with van der Waals surface area (Å²) < 4.78 is 10.7. The number of ether oxygens (including phenoxy) is 2. The zero-order chi connectivity index (χ0) is 18.6. The van der Waals surface area contributed by atoms with Gasteiger partial charge in [0.15, 0.2) is 0 Å². The Morgan fingerprint density at radius 3 is 2.76 bits per heavy atom. The van der Waals surface area contributed by atoms with Crippen LogP contribution in [0, 0.1) is 10.1 Å². The zero-order valence-electron chi connectivity index (χ0n) is 14.4. The van der Waals surface area contributed by atoms with Crippen molar-refractivity contribution in [1.29, 1.82) is 0 Å².